The van der Waals surface area contributed by atoms with Crippen LogP contribution in [0, 0.1) is 0 Å². The van der Waals surface area contributed by atoms with Crippen LogP contribution in [0.2, 0.25) is 0 Å². The molecule has 13 aromatic rings. The van der Waals surface area contributed by atoms with Gasteiger partial charge in [0.05, 0.1) is 5.41 Å². The Morgan fingerprint density at radius 2 is 0.886 bits per heavy atom. The monoisotopic (exact) mass is 907 g/mol. The fourth-order valence-electron chi connectivity index (χ4n) is 12.2. The molecule has 3 heteroatoms. The number of nitrogens with zero attached hydrogens (tertiary/aromatic N) is 1. The molecule has 0 saturated heterocycles. The van der Waals surface area contributed by atoms with Gasteiger partial charge in [-0.1, -0.05) is 200 Å². The summed E-state index contributed by atoms with van der Waals surface area (Å²) >= 11 is 1.92. The normalized spacial score (nSPS) is 14.3. The van der Waals surface area contributed by atoms with E-state index >= 15 is 0 Å². The zero-order valence-corrected chi connectivity index (χ0v) is 38.8. The first-order valence-electron chi connectivity index (χ1n) is 24.1. The molecule has 2 heterocycles. The second-order valence-electron chi connectivity index (χ2n) is 18.6. The van der Waals surface area contributed by atoms with Crippen LogP contribution in [0.5, 0.6) is 0 Å². The van der Waals surface area contributed by atoms with Crippen molar-refractivity contribution < 1.29 is 4.42 Å². The molecule has 70 heavy (non-hydrogen) atoms. The number of furan rings is 1. The quantitative estimate of drug-likeness (QED) is 0.165. The highest BCUT2D eigenvalue weighted by Crippen LogP contribution is 2.66. The van der Waals surface area contributed by atoms with Gasteiger partial charge in [0, 0.05) is 53.6 Å². The van der Waals surface area contributed by atoms with Gasteiger partial charge in [-0.2, -0.15) is 0 Å². The molecule has 2 aliphatic rings. The molecular weight excluding hydrogens is 867 g/mol. The van der Waals surface area contributed by atoms with Crippen molar-refractivity contribution in [2.45, 2.75) is 5.41 Å². The molecule has 0 radical (unpaired) electrons. The van der Waals surface area contributed by atoms with Crippen LogP contribution >= 0.6 is 11.3 Å². The summed E-state index contributed by atoms with van der Waals surface area (Å²) in [5.74, 6) is 0. The summed E-state index contributed by atoms with van der Waals surface area (Å²) in [6, 6.07) is 91.4. The van der Waals surface area contributed by atoms with Crippen LogP contribution in [0.15, 0.2) is 253 Å². The molecule has 0 bridgehead atoms. The predicted molar refractivity (Wildman–Crippen MR) is 294 cm³/mol. The van der Waals surface area contributed by atoms with E-state index in [0.29, 0.717) is 0 Å². The van der Waals surface area contributed by atoms with Crippen molar-refractivity contribution in [2.75, 3.05) is 4.90 Å². The molecule has 2 nitrogen and oxygen atoms in total. The Balaban J connectivity index is 0.909. The van der Waals surface area contributed by atoms with Gasteiger partial charge in [-0.3, -0.25) is 0 Å². The number of fused-ring (bicyclic) bond motifs is 17. The Bertz CT molecular complexity index is 4220. The minimum atomic E-state index is -0.541. The molecular formula is C67H41NOS. The van der Waals surface area contributed by atoms with Gasteiger partial charge in [0.2, 0.25) is 0 Å². The van der Waals surface area contributed by atoms with Crippen LogP contribution in [0.1, 0.15) is 22.3 Å². The Kier molecular flexibility index (Phi) is 8.48. The van der Waals surface area contributed by atoms with Gasteiger partial charge in [0.25, 0.3) is 0 Å². The van der Waals surface area contributed by atoms with Crippen molar-refractivity contribution >= 4 is 70.5 Å². The molecule has 0 fully saturated rings. The van der Waals surface area contributed by atoms with Crippen molar-refractivity contribution in [1.82, 2.24) is 0 Å². The summed E-state index contributed by atoms with van der Waals surface area (Å²) in [7, 11) is 0. The van der Waals surface area contributed by atoms with E-state index in [-0.39, 0.29) is 0 Å². The summed E-state index contributed by atoms with van der Waals surface area (Å²) in [4.78, 5) is 2.35. The third-order valence-electron chi connectivity index (χ3n) is 15.1. The van der Waals surface area contributed by atoms with E-state index in [0.717, 1.165) is 44.6 Å². The van der Waals surface area contributed by atoms with Gasteiger partial charge >= 0.3 is 0 Å². The maximum atomic E-state index is 6.73. The van der Waals surface area contributed by atoms with E-state index in [2.05, 4.69) is 254 Å². The Morgan fingerprint density at radius 3 is 1.67 bits per heavy atom. The number of hydrogen-bond acceptors (Lipinski definition) is 3. The van der Waals surface area contributed by atoms with Crippen molar-refractivity contribution in [2.24, 2.45) is 0 Å². The highest BCUT2D eigenvalue weighted by Gasteiger charge is 2.53. The summed E-state index contributed by atoms with van der Waals surface area (Å²) in [5.41, 5.74) is 22.3. The lowest BCUT2D eigenvalue weighted by atomic mass is 9.69. The predicted octanol–water partition coefficient (Wildman–Crippen LogP) is 18.8. The van der Waals surface area contributed by atoms with Crippen LogP contribution < -0.4 is 4.90 Å². The maximum Gasteiger partial charge on any atom is 0.143 e. The molecule has 1 spiro atoms. The molecule has 1 unspecified atom stereocenters. The molecule has 1 atom stereocenters. The van der Waals surface area contributed by atoms with Gasteiger partial charge in [0.1, 0.15) is 11.2 Å². The minimum Gasteiger partial charge on any atom is -0.455 e. The summed E-state index contributed by atoms with van der Waals surface area (Å²) in [5, 5.41) is 4.92. The topological polar surface area (TPSA) is 16.4 Å². The number of anilines is 3. The molecule has 11 aromatic carbocycles. The second kappa shape index (κ2) is 15.1. The summed E-state index contributed by atoms with van der Waals surface area (Å²) in [6.45, 7) is 0. The molecule has 15 rings (SSSR count). The number of benzene rings is 11. The minimum absolute atomic E-state index is 0.541. The number of rotatable bonds is 6. The first kappa shape index (κ1) is 39.3. The molecule has 2 aliphatic carbocycles. The Labute approximate surface area is 409 Å². The number of para-hydroxylation sites is 3. The summed E-state index contributed by atoms with van der Waals surface area (Å²) < 4.78 is 9.34. The first-order chi connectivity index (χ1) is 34.7. The smallest absolute Gasteiger partial charge is 0.143 e. The molecule has 0 amide bonds. The zero-order valence-electron chi connectivity index (χ0n) is 37.9. The van der Waals surface area contributed by atoms with Crippen molar-refractivity contribution in [1.29, 1.82) is 0 Å². The maximum absolute atomic E-state index is 6.73. The largest absolute Gasteiger partial charge is 0.455 e. The van der Waals surface area contributed by atoms with Crippen LogP contribution in [0.25, 0.3) is 97.7 Å². The Morgan fingerprint density at radius 1 is 0.343 bits per heavy atom. The van der Waals surface area contributed by atoms with Gasteiger partial charge in [-0.15, -0.1) is 11.3 Å². The van der Waals surface area contributed by atoms with Crippen molar-refractivity contribution in [3.63, 3.8) is 0 Å². The Hall–Kier alpha value is -8.76. The molecule has 326 valence electrons. The lowest BCUT2D eigenvalue weighted by Crippen LogP contribution is -2.26. The molecule has 0 aliphatic heterocycles. The second-order valence-corrected chi connectivity index (χ2v) is 19.7. The van der Waals surface area contributed by atoms with E-state index in [1.165, 1.54) is 92.5 Å². The number of hydrogen-bond donors (Lipinski definition) is 0. The van der Waals surface area contributed by atoms with E-state index in [1.807, 2.05) is 11.3 Å². The van der Waals surface area contributed by atoms with Gasteiger partial charge in [-0.25, -0.2) is 0 Å². The first-order valence-corrected chi connectivity index (χ1v) is 24.9. The van der Waals surface area contributed by atoms with E-state index in [1.54, 1.807) is 0 Å². The average molecular weight is 908 g/mol. The fraction of sp³-hybridized carbons (Fsp3) is 0.0149. The average Bonchev–Trinajstić information content (AvgIpc) is 4.18. The summed E-state index contributed by atoms with van der Waals surface area (Å²) in [6.07, 6.45) is 0. The van der Waals surface area contributed by atoms with E-state index in [9.17, 15) is 0 Å². The zero-order chi connectivity index (χ0) is 45.9. The van der Waals surface area contributed by atoms with Crippen LogP contribution in [-0.2, 0) is 5.41 Å². The third-order valence-corrected chi connectivity index (χ3v) is 16.3. The van der Waals surface area contributed by atoms with Gasteiger partial charge in [-0.05, 0) is 121 Å². The van der Waals surface area contributed by atoms with Crippen LogP contribution in [0.3, 0.4) is 0 Å². The van der Waals surface area contributed by atoms with Crippen molar-refractivity contribution in [3.8, 4) is 55.6 Å². The SMILES string of the molecule is c1ccc(-c2ccc(N(c3ccccc3)c3ccc(-c4cccc5c4sc4ccc6c(c45)C4(c5ccccc5-6)c5ccccc5-c5c(-c6cccc7c6oc6ccccc67)cccc54)cc3)cc2)cc1. The van der Waals surface area contributed by atoms with Gasteiger partial charge < -0.3 is 9.32 Å². The molecule has 2 aromatic heterocycles. The molecule has 0 N–H and O–H groups in total. The third kappa shape index (κ3) is 5.49. The van der Waals surface area contributed by atoms with Gasteiger partial charge in [0.15, 0.2) is 0 Å². The van der Waals surface area contributed by atoms with Crippen LogP contribution in [0.4, 0.5) is 17.1 Å². The highest BCUT2D eigenvalue weighted by atomic mass is 32.1. The standard InChI is InChI=1S/C67H41NOS/c1-3-16-42(17-4-1)43-32-36-46(37-33-43)68(45-18-5-2-6-19-45)47-38-34-44(35-39-47)48-23-13-27-56-63-61(70-66(48)56)41-40-52-49-20-7-10-28-57(49)67(64(52)63)58-29-11-8-22-55(58)62-51(24-15-30-59(62)67)54-26-14-25-53-50-21-9-12-31-60(50)69-65(53)54/h1-41H. The van der Waals surface area contributed by atoms with Crippen molar-refractivity contribution in [3.05, 3.63) is 271 Å². The lowest BCUT2D eigenvalue weighted by Gasteiger charge is -2.31. The van der Waals surface area contributed by atoms with Crippen LogP contribution in [-0.4, -0.2) is 0 Å². The molecule has 0 saturated carbocycles. The van der Waals surface area contributed by atoms with E-state index in [4.69, 9.17) is 4.42 Å². The number of thiophene rings is 1. The van der Waals surface area contributed by atoms with E-state index < -0.39 is 5.41 Å². The lowest BCUT2D eigenvalue weighted by molar-refractivity contribution is 0.670. The fourth-order valence-corrected chi connectivity index (χ4v) is 13.5. The highest BCUT2D eigenvalue weighted by molar-refractivity contribution is 7.26.